The van der Waals surface area contributed by atoms with Crippen LogP contribution in [0.5, 0.6) is 0 Å². The van der Waals surface area contributed by atoms with Gasteiger partial charge in [0.2, 0.25) is 0 Å². The summed E-state index contributed by atoms with van der Waals surface area (Å²) in [5, 5.41) is 0. The van der Waals surface area contributed by atoms with E-state index in [1.165, 1.54) is 30.4 Å². The second kappa shape index (κ2) is 2.65. The Morgan fingerprint density at radius 2 is 1.87 bits per heavy atom. The number of nitrogens with two attached hydrogens (primary N) is 1. The smallest absolute Gasteiger partial charge is 0.00196 e. The third-order valence-electron chi connectivity index (χ3n) is 4.53. The zero-order valence-electron chi connectivity index (χ0n) is 9.64. The molecule has 0 unspecified atom stereocenters. The van der Waals surface area contributed by atoms with Crippen LogP contribution >= 0.6 is 0 Å². The number of hydrogen-bond donors (Lipinski definition) is 1. The van der Waals surface area contributed by atoms with Crippen molar-refractivity contribution >= 4 is 0 Å². The lowest BCUT2D eigenvalue weighted by molar-refractivity contribution is -0.133. The van der Waals surface area contributed by atoms with E-state index in [0.717, 1.165) is 6.54 Å². The molecule has 0 radical (unpaired) electrons. The predicted octanol–water partition coefficient (Wildman–Crippen LogP) is 2.68. The molecule has 15 heavy (non-hydrogen) atoms. The largest absolute Gasteiger partial charge is 0.330 e. The highest BCUT2D eigenvalue weighted by atomic mass is 14.8. The lowest BCUT2D eigenvalue weighted by Crippen LogP contribution is -2.67. The van der Waals surface area contributed by atoms with Gasteiger partial charge in [-0.3, -0.25) is 0 Å². The summed E-state index contributed by atoms with van der Waals surface area (Å²) in [5.41, 5.74) is 11.3. The monoisotopic (exact) mass is 201 g/mol. The maximum Gasteiger partial charge on any atom is -0.00196 e. The molecule has 0 aliphatic heterocycles. The second-order valence-corrected chi connectivity index (χ2v) is 5.83. The van der Waals surface area contributed by atoms with E-state index in [-0.39, 0.29) is 0 Å². The molecule has 0 saturated heterocycles. The van der Waals surface area contributed by atoms with Gasteiger partial charge in [0.05, 0.1) is 0 Å². The molecule has 0 heterocycles. The molecule has 1 nitrogen and oxygen atoms in total. The lowest BCUT2D eigenvalue weighted by Gasteiger charge is -2.71. The van der Waals surface area contributed by atoms with Gasteiger partial charge in [0.15, 0.2) is 0 Å². The summed E-state index contributed by atoms with van der Waals surface area (Å²) >= 11 is 0. The Balaban J connectivity index is 1.91. The number of benzene rings is 1. The van der Waals surface area contributed by atoms with Crippen molar-refractivity contribution in [1.29, 1.82) is 0 Å². The number of hydrogen-bond acceptors (Lipinski definition) is 1. The summed E-state index contributed by atoms with van der Waals surface area (Å²) < 4.78 is 0. The van der Waals surface area contributed by atoms with Gasteiger partial charge in [-0.05, 0) is 61.6 Å². The Bertz CT molecular complexity index is 400. The molecule has 1 aromatic rings. The highest BCUT2D eigenvalue weighted by molar-refractivity contribution is 5.44. The molecule has 3 aliphatic rings. The van der Waals surface area contributed by atoms with E-state index in [1.807, 2.05) is 0 Å². The summed E-state index contributed by atoms with van der Waals surface area (Å²) in [6.07, 6.45) is 4.00. The molecule has 1 heteroatoms. The van der Waals surface area contributed by atoms with Gasteiger partial charge in [-0.15, -0.1) is 0 Å². The molecule has 1 aromatic carbocycles. The Hall–Kier alpha value is -0.820. The first kappa shape index (κ1) is 9.41. The molecule has 3 aliphatic carbocycles. The van der Waals surface area contributed by atoms with Gasteiger partial charge in [-0.25, -0.2) is 0 Å². The molecule has 3 saturated carbocycles. The van der Waals surface area contributed by atoms with Crippen LogP contribution in [0, 0.1) is 19.3 Å². The summed E-state index contributed by atoms with van der Waals surface area (Å²) in [5.74, 6) is 0. The minimum absolute atomic E-state index is 0.525. The standard InChI is InChI=1S/C14H19N/c1-10-3-4-12(11(2)5-10)14-6-13(7-14,8-14)9-15/h3-5H,6-9,15H2,1-2H3. The third kappa shape index (κ3) is 1.07. The van der Waals surface area contributed by atoms with E-state index in [0.29, 0.717) is 10.8 Å². The van der Waals surface area contributed by atoms with E-state index >= 15 is 0 Å². The van der Waals surface area contributed by atoms with Crippen LogP contribution in [0.1, 0.15) is 36.0 Å². The van der Waals surface area contributed by atoms with Crippen molar-refractivity contribution in [3.8, 4) is 0 Å². The zero-order valence-corrected chi connectivity index (χ0v) is 9.64. The molecule has 4 rings (SSSR count). The molecule has 0 amide bonds. The first-order valence-corrected chi connectivity index (χ1v) is 5.87. The van der Waals surface area contributed by atoms with Gasteiger partial charge in [-0.1, -0.05) is 23.8 Å². The molecular formula is C14H19N. The molecule has 2 bridgehead atoms. The molecule has 0 atom stereocenters. The highest BCUT2D eigenvalue weighted by Crippen LogP contribution is 2.73. The Kier molecular flexibility index (Phi) is 1.66. The molecule has 0 spiro atoms. The topological polar surface area (TPSA) is 26.0 Å². The van der Waals surface area contributed by atoms with Crippen molar-refractivity contribution in [2.45, 2.75) is 38.5 Å². The van der Waals surface area contributed by atoms with E-state index < -0.39 is 0 Å². The SMILES string of the molecule is Cc1ccc(C23CC(CN)(C2)C3)c(C)c1. The van der Waals surface area contributed by atoms with E-state index in [1.54, 1.807) is 5.56 Å². The average Bonchev–Trinajstić information content (AvgIpc) is 2.04. The third-order valence-corrected chi connectivity index (χ3v) is 4.53. The lowest BCUT2D eigenvalue weighted by atomic mass is 9.33. The summed E-state index contributed by atoms with van der Waals surface area (Å²) in [6.45, 7) is 5.30. The van der Waals surface area contributed by atoms with Crippen LogP contribution in [0.4, 0.5) is 0 Å². The summed E-state index contributed by atoms with van der Waals surface area (Å²) in [7, 11) is 0. The van der Waals surface area contributed by atoms with Crippen molar-refractivity contribution in [2.24, 2.45) is 11.1 Å². The fraction of sp³-hybridized carbons (Fsp3) is 0.571. The van der Waals surface area contributed by atoms with Crippen molar-refractivity contribution in [1.82, 2.24) is 0 Å². The van der Waals surface area contributed by atoms with Crippen molar-refractivity contribution < 1.29 is 0 Å². The second-order valence-electron chi connectivity index (χ2n) is 5.83. The minimum Gasteiger partial charge on any atom is -0.330 e. The first-order valence-electron chi connectivity index (χ1n) is 5.87. The van der Waals surface area contributed by atoms with Crippen molar-refractivity contribution in [3.63, 3.8) is 0 Å². The molecule has 0 aromatic heterocycles. The molecule has 80 valence electrons. The fourth-order valence-corrected chi connectivity index (χ4v) is 3.91. The maximum absolute atomic E-state index is 5.81. The maximum atomic E-state index is 5.81. The van der Waals surface area contributed by atoms with Crippen LogP contribution in [-0.4, -0.2) is 6.54 Å². The molecule has 2 N–H and O–H groups in total. The quantitative estimate of drug-likeness (QED) is 0.782. The predicted molar refractivity (Wildman–Crippen MR) is 62.9 cm³/mol. The van der Waals surface area contributed by atoms with Crippen LogP contribution in [-0.2, 0) is 5.41 Å². The Morgan fingerprint density at radius 1 is 1.20 bits per heavy atom. The highest BCUT2D eigenvalue weighted by Gasteiger charge is 2.67. The fourth-order valence-electron chi connectivity index (χ4n) is 3.91. The van der Waals surface area contributed by atoms with E-state index in [9.17, 15) is 0 Å². The van der Waals surface area contributed by atoms with Gasteiger partial charge in [0.25, 0.3) is 0 Å². The van der Waals surface area contributed by atoms with Crippen LogP contribution in [0.2, 0.25) is 0 Å². The zero-order chi connectivity index (χ0) is 10.7. The minimum atomic E-state index is 0.525. The number of rotatable bonds is 2. The summed E-state index contributed by atoms with van der Waals surface area (Å²) in [6, 6.07) is 6.90. The van der Waals surface area contributed by atoms with Crippen LogP contribution in [0.25, 0.3) is 0 Å². The number of aryl methyl sites for hydroxylation is 2. The molecular weight excluding hydrogens is 182 g/mol. The summed E-state index contributed by atoms with van der Waals surface area (Å²) in [4.78, 5) is 0. The molecule has 3 fully saturated rings. The normalized spacial score (nSPS) is 37.0. The van der Waals surface area contributed by atoms with Gasteiger partial charge in [0, 0.05) is 0 Å². The van der Waals surface area contributed by atoms with Crippen LogP contribution in [0.15, 0.2) is 18.2 Å². The van der Waals surface area contributed by atoms with Gasteiger partial charge < -0.3 is 5.73 Å². The van der Waals surface area contributed by atoms with Crippen molar-refractivity contribution in [3.05, 3.63) is 34.9 Å². The van der Waals surface area contributed by atoms with Crippen LogP contribution in [0.3, 0.4) is 0 Å². The van der Waals surface area contributed by atoms with E-state index in [2.05, 4.69) is 32.0 Å². The van der Waals surface area contributed by atoms with Gasteiger partial charge in [0.1, 0.15) is 0 Å². The van der Waals surface area contributed by atoms with Gasteiger partial charge in [-0.2, -0.15) is 0 Å². The van der Waals surface area contributed by atoms with Gasteiger partial charge >= 0.3 is 0 Å². The Morgan fingerprint density at radius 3 is 2.40 bits per heavy atom. The first-order chi connectivity index (χ1) is 7.09. The average molecular weight is 201 g/mol. The van der Waals surface area contributed by atoms with Crippen molar-refractivity contribution in [2.75, 3.05) is 6.54 Å². The Labute approximate surface area is 91.7 Å². The van der Waals surface area contributed by atoms with Crippen LogP contribution < -0.4 is 5.73 Å². The van der Waals surface area contributed by atoms with E-state index in [4.69, 9.17) is 5.73 Å².